The number of ether oxygens (including phenoxy) is 1. The lowest BCUT2D eigenvalue weighted by Gasteiger charge is -2.26. The number of carbonyl (C=O) groups is 1. The fourth-order valence-corrected chi connectivity index (χ4v) is 4.08. The minimum absolute atomic E-state index is 0.305. The second-order valence-corrected chi connectivity index (χ2v) is 7.25. The van der Waals surface area contributed by atoms with Gasteiger partial charge < -0.3 is 10.1 Å². The topological polar surface area (TPSA) is 95.2 Å². The van der Waals surface area contributed by atoms with Crippen molar-refractivity contribution < 1.29 is 18.3 Å². The number of H-pyrrole nitrogens is 1. The molecule has 3 unspecified atom stereocenters. The predicted octanol–water partition coefficient (Wildman–Crippen LogP) is 2.82. The summed E-state index contributed by atoms with van der Waals surface area (Å²) < 4.78 is 32.6. The van der Waals surface area contributed by atoms with Crippen molar-refractivity contribution in [2.45, 2.75) is 24.4 Å². The Labute approximate surface area is 171 Å². The van der Waals surface area contributed by atoms with Gasteiger partial charge in [-0.25, -0.2) is 18.6 Å². The van der Waals surface area contributed by atoms with Crippen LogP contribution >= 0.6 is 0 Å². The van der Waals surface area contributed by atoms with E-state index in [1.165, 1.54) is 13.3 Å². The number of likely N-dealkylation sites (N-methyl/N-ethyl adjacent to an activating group) is 1. The number of aromatic nitrogens is 3. The highest BCUT2D eigenvalue weighted by Gasteiger charge is 2.46. The fourth-order valence-electron chi connectivity index (χ4n) is 4.08. The standard InChI is InChI=1S/C20H22F2N6O2/c1-28-10-14(16(17(28)18(21)22)11-6-4-3-5-7-11)24-20(29)25-15-8-13-12(9-23-15)19(30-2)27-26-13/h3-9,14,16-18H,10H2,1-2H3,(H,26,27)(H2,23,24,25,29). The monoisotopic (exact) mass is 416 g/mol. The molecule has 4 rings (SSSR count). The van der Waals surface area contributed by atoms with E-state index in [0.29, 0.717) is 29.1 Å². The van der Waals surface area contributed by atoms with E-state index in [9.17, 15) is 13.6 Å². The molecule has 0 spiro atoms. The molecule has 0 radical (unpaired) electrons. The highest BCUT2D eigenvalue weighted by atomic mass is 19.3. The minimum Gasteiger partial charge on any atom is -0.479 e. The highest BCUT2D eigenvalue weighted by molar-refractivity contribution is 5.92. The first kappa shape index (κ1) is 20.0. The van der Waals surface area contributed by atoms with Crippen LogP contribution in [-0.2, 0) is 0 Å². The van der Waals surface area contributed by atoms with Crippen LogP contribution in [-0.4, -0.2) is 65.3 Å². The highest BCUT2D eigenvalue weighted by Crippen LogP contribution is 2.36. The number of nitrogens with zero attached hydrogens (tertiary/aromatic N) is 3. The first-order valence-electron chi connectivity index (χ1n) is 9.47. The molecule has 1 aliphatic heterocycles. The number of benzene rings is 1. The number of aromatic amines is 1. The van der Waals surface area contributed by atoms with Gasteiger partial charge in [0.05, 0.1) is 30.1 Å². The van der Waals surface area contributed by atoms with Gasteiger partial charge in [0.15, 0.2) is 0 Å². The Morgan fingerprint density at radius 1 is 1.33 bits per heavy atom. The molecule has 0 aliphatic carbocycles. The summed E-state index contributed by atoms with van der Waals surface area (Å²) in [4.78, 5) is 18.4. The zero-order chi connectivity index (χ0) is 21.3. The van der Waals surface area contributed by atoms with Crippen LogP contribution in [0, 0.1) is 0 Å². The van der Waals surface area contributed by atoms with Gasteiger partial charge in [-0.3, -0.25) is 15.3 Å². The second kappa shape index (κ2) is 8.23. The van der Waals surface area contributed by atoms with Crippen molar-refractivity contribution in [3.05, 3.63) is 48.2 Å². The molecule has 3 aromatic rings. The number of amides is 2. The Bertz CT molecular complexity index is 1030. The summed E-state index contributed by atoms with van der Waals surface area (Å²) in [6.07, 6.45) is -0.995. The molecule has 3 atom stereocenters. The van der Waals surface area contributed by atoms with Crippen LogP contribution in [0.2, 0.25) is 0 Å². The summed E-state index contributed by atoms with van der Waals surface area (Å²) >= 11 is 0. The maximum Gasteiger partial charge on any atom is 0.320 e. The molecular formula is C20H22F2N6O2. The molecule has 0 saturated carbocycles. The van der Waals surface area contributed by atoms with Gasteiger partial charge in [0.25, 0.3) is 6.43 Å². The summed E-state index contributed by atoms with van der Waals surface area (Å²) in [6, 6.07) is 8.73. The van der Waals surface area contributed by atoms with Gasteiger partial charge in [-0.05, 0) is 12.6 Å². The summed E-state index contributed by atoms with van der Waals surface area (Å²) in [5.74, 6) is 0.180. The van der Waals surface area contributed by atoms with E-state index in [1.807, 2.05) is 30.3 Å². The van der Waals surface area contributed by atoms with Gasteiger partial charge in [-0.2, -0.15) is 0 Å². The molecular weight excluding hydrogens is 394 g/mol. The van der Waals surface area contributed by atoms with Gasteiger partial charge in [0.1, 0.15) is 5.82 Å². The van der Waals surface area contributed by atoms with E-state index in [2.05, 4.69) is 25.8 Å². The van der Waals surface area contributed by atoms with E-state index in [-0.39, 0.29) is 0 Å². The Kier molecular flexibility index (Phi) is 5.49. The van der Waals surface area contributed by atoms with E-state index in [4.69, 9.17) is 4.74 Å². The normalized spacial score (nSPS) is 21.8. The van der Waals surface area contributed by atoms with Crippen LogP contribution in [0.1, 0.15) is 11.5 Å². The number of methoxy groups -OCH3 is 1. The molecule has 8 nitrogen and oxygen atoms in total. The number of halogens is 2. The average molecular weight is 416 g/mol. The largest absolute Gasteiger partial charge is 0.479 e. The number of carbonyl (C=O) groups excluding carboxylic acids is 1. The third-order valence-corrected chi connectivity index (χ3v) is 5.40. The molecule has 1 saturated heterocycles. The third kappa shape index (κ3) is 3.78. The quantitative estimate of drug-likeness (QED) is 0.595. The molecule has 2 aromatic heterocycles. The van der Waals surface area contributed by atoms with Gasteiger partial charge in [0, 0.05) is 24.7 Å². The second-order valence-electron chi connectivity index (χ2n) is 7.25. The molecule has 0 bridgehead atoms. The van der Waals surface area contributed by atoms with Crippen molar-refractivity contribution in [2.24, 2.45) is 0 Å². The van der Waals surface area contributed by atoms with Crippen LogP contribution in [0.3, 0.4) is 0 Å². The maximum absolute atomic E-state index is 13.8. The zero-order valence-electron chi connectivity index (χ0n) is 16.5. The van der Waals surface area contributed by atoms with Crippen LogP contribution in [0.5, 0.6) is 5.88 Å². The number of hydrogen-bond donors (Lipinski definition) is 3. The van der Waals surface area contributed by atoms with Crippen molar-refractivity contribution in [2.75, 3.05) is 26.0 Å². The number of rotatable bonds is 5. The number of pyridine rings is 1. The number of fused-ring (bicyclic) bond motifs is 1. The Balaban J connectivity index is 1.51. The average Bonchev–Trinajstić information content (AvgIpc) is 3.28. The zero-order valence-corrected chi connectivity index (χ0v) is 16.5. The van der Waals surface area contributed by atoms with Crippen LogP contribution in [0.4, 0.5) is 19.4 Å². The van der Waals surface area contributed by atoms with Crippen molar-refractivity contribution in [3.8, 4) is 5.88 Å². The molecule has 1 aromatic carbocycles. The predicted molar refractivity (Wildman–Crippen MR) is 108 cm³/mol. The maximum atomic E-state index is 13.8. The summed E-state index contributed by atoms with van der Waals surface area (Å²) in [7, 11) is 3.15. The number of alkyl halides is 2. The first-order valence-corrected chi connectivity index (χ1v) is 9.47. The molecule has 1 aliphatic rings. The van der Waals surface area contributed by atoms with E-state index < -0.39 is 30.5 Å². The van der Waals surface area contributed by atoms with Crippen LogP contribution < -0.4 is 15.4 Å². The number of nitrogens with one attached hydrogen (secondary N) is 3. The molecule has 3 N–H and O–H groups in total. The van der Waals surface area contributed by atoms with E-state index >= 15 is 0 Å². The molecule has 10 heteroatoms. The lowest BCUT2D eigenvalue weighted by molar-refractivity contribution is 0.0512. The molecule has 158 valence electrons. The summed E-state index contributed by atoms with van der Waals surface area (Å²) in [5, 5.41) is 13.0. The lowest BCUT2D eigenvalue weighted by Crippen LogP contribution is -2.43. The molecule has 2 amide bonds. The van der Waals surface area contributed by atoms with Crippen LogP contribution in [0.25, 0.3) is 10.9 Å². The lowest BCUT2D eigenvalue weighted by atomic mass is 9.88. The third-order valence-electron chi connectivity index (χ3n) is 5.40. The number of likely N-dealkylation sites (tertiary alicyclic amines) is 1. The van der Waals surface area contributed by atoms with Gasteiger partial charge in [-0.1, -0.05) is 30.3 Å². The Morgan fingerprint density at radius 2 is 2.10 bits per heavy atom. The smallest absolute Gasteiger partial charge is 0.320 e. The van der Waals surface area contributed by atoms with E-state index in [0.717, 1.165) is 5.56 Å². The van der Waals surface area contributed by atoms with Gasteiger partial charge in [-0.15, -0.1) is 5.10 Å². The summed E-state index contributed by atoms with van der Waals surface area (Å²) in [5.41, 5.74) is 1.42. The van der Waals surface area contributed by atoms with Gasteiger partial charge in [0.2, 0.25) is 5.88 Å². The molecule has 1 fully saturated rings. The number of urea groups is 1. The first-order chi connectivity index (χ1) is 14.5. The SMILES string of the molecule is COc1n[nH]c2cc(NC(=O)NC3CN(C)C(C(F)F)C3c3ccccc3)ncc12. The molecule has 3 heterocycles. The molecule has 30 heavy (non-hydrogen) atoms. The number of anilines is 1. The van der Waals surface area contributed by atoms with Gasteiger partial charge >= 0.3 is 6.03 Å². The minimum atomic E-state index is -2.53. The van der Waals surface area contributed by atoms with Crippen molar-refractivity contribution >= 4 is 22.8 Å². The number of hydrogen-bond acceptors (Lipinski definition) is 5. The Hall–Kier alpha value is -3.27. The van der Waals surface area contributed by atoms with Crippen molar-refractivity contribution in [1.82, 2.24) is 25.4 Å². The summed E-state index contributed by atoms with van der Waals surface area (Å²) in [6.45, 7) is 0.312. The fraction of sp³-hybridized carbons (Fsp3) is 0.350. The Morgan fingerprint density at radius 3 is 2.80 bits per heavy atom. The van der Waals surface area contributed by atoms with Crippen LogP contribution in [0.15, 0.2) is 42.6 Å². The van der Waals surface area contributed by atoms with Crippen molar-refractivity contribution in [3.63, 3.8) is 0 Å². The van der Waals surface area contributed by atoms with Crippen molar-refractivity contribution in [1.29, 1.82) is 0 Å². The van der Waals surface area contributed by atoms with E-state index in [1.54, 1.807) is 18.0 Å².